The molecule has 1 amide bonds. The summed E-state index contributed by atoms with van der Waals surface area (Å²) < 4.78 is 5.17. The zero-order chi connectivity index (χ0) is 19.3. The standard InChI is InChI=1S/C20H22N2O4/c1-13(26-18(24)16-7-5-6-12-21-16)17(23)14-8-10-15(11-9-14)22-19(25)20(2,3)4/h5-13H,1-4H3,(H,22,25)/t13-/m1/s1. The number of ketones is 1. The van der Waals surface area contributed by atoms with Crippen molar-refractivity contribution in [3.8, 4) is 0 Å². The number of aromatic nitrogens is 1. The summed E-state index contributed by atoms with van der Waals surface area (Å²) in [6.45, 7) is 6.96. The first-order valence-corrected chi connectivity index (χ1v) is 8.26. The number of carbonyl (C=O) groups excluding carboxylic acids is 3. The van der Waals surface area contributed by atoms with E-state index in [0.717, 1.165) is 0 Å². The van der Waals surface area contributed by atoms with Gasteiger partial charge in [0.1, 0.15) is 5.69 Å². The van der Waals surface area contributed by atoms with E-state index in [1.807, 2.05) is 20.8 Å². The van der Waals surface area contributed by atoms with Crippen LogP contribution in [0.25, 0.3) is 0 Å². The SMILES string of the molecule is C[C@@H](OC(=O)c1ccccn1)C(=O)c1ccc(NC(=O)C(C)(C)C)cc1. The van der Waals surface area contributed by atoms with Crippen LogP contribution in [0, 0.1) is 5.41 Å². The predicted octanol–water partition coefficient (Wildman–Crippen LogP) is 3.49. The van der Waals surface area contributed by atoms with Crippen molar-refractivity contribution in [2.45, 2.75) is 33.8 Å². The highest BCUT2D eigenvalue weighted by molar-refractivity contribution is 6.02. The van der Waals surface area contributed by atoms with E-state index in [4.69, 9.17) is 4.74 Å². The highest BCUT2D eigenvalue weighted by Gasteiger charge is 2.23. The lowest BCUT2D eigenvalue weighted by Crippen LogP contribution is -2.27. The smallest absolute Gasteiger partial charge is 0.357 e. The Morgan fingerprint density at radius 2 is 1.69 bits per heavy atom. The van der Waals surface area contributed by atoms with E-state index in [2.05, 4.69) is 10.3 Å². The summed E-state index contributed by atoms with van der Waals surface area (Å²) in [5, 5.41) is 2.79. The molecule has 0 aliphatic heterocycles. The van der Waals surface area contributed by atoms with Gasteiger partial charge in [0, 0.05) is 22.9 Å². The minimum absolute atomic E-state index is 0.116. The topological polar surface area (TPSA) is 85.4 Å². The largest absolute Gasteiger partial charge is 0.450 e. The van der Waals surface area contributed by atoms with Crippen LogP contribution in [-0.4, -0.2) is 28.7 Å². The van der Waals surface area contributed by atoms with Gasteiger partial charge in [-0.2, -0.15) is 0 Å². The van der Waals surface area contributed by atoms with Crippen molar-refractivity contribution >= 4 is 23.3 Å². The summed E-state index contributed by atoms with van der Waals surface area (Å²) in [5.41, 5.74) is 0.620. The fraction of sp³-hybridized carbons (Fsp3) is 0.300. The maximum Gasteiger partial charge on any atom is 0.357 e. The van der Waals surface area contributed by atoms with Crippen molar-refractivity contribution in [2.24, 2.45) is 5.41 Å². The third kappa shape index (κ3) is 4.99. The third-order valence-corrected chi connectivity index (χ3v) is 3.64. The Balaban J connectivity index is 2.00. The molecular formula is C20H22N2O4. The normalized spacial score (nSPS) is 12.2. The fourth-order valence-corrected chi connectivity index (χ4v) is 2.03. The van der Waals surface area contributed by atoms with E-state index >= 15 is 0 Å². The van der Waals surface area contributed by atoms with E-state index in [9.17, 15) is 14.4 Å². The van der Waals surface area contributed by atoms with Crippen LogP contribution in [-0.2, 0) is 9.53 Å². The molecule has 0 aliphatic carbocycles. The Labute approximate surface area is 152 Å². The third-order valence-electron chi connectivity index (χ3n) is 3.64. The molecule has 1 aromatic heterocycles. The van der Waals surface area contributed by atoms with Crippen molar-refractivity contribution in [3.05, 3.63) is 59.9 Å². The molecule has 0 bridgehead atoms. The summed E-state index contributed by atoms with van der Waals surface area (Å²) >= 11 is 0. The number of benzene rings is 1. The maximum atomic E-state index is 12.4. The second-order valence-corrected chi connectivity index (χ2v) is 6.91. The molecule has 2 aromatic rings. The van der Waals surface area contributed by atoms with Crippen LogP contribution in [0.5, 0.6) is 0 Å². The minimum atomic E-state index is -0.945. The quantitative estimate of drug-likeness (QED) is 0.656. The minimum Gasteiger partial charge on any atom is -0.450 e. The first kappa shape index (κ1) is 19.3. The average molecular weight is 354 g/mol. The zero-order valence-electron chi connectivity index (χ0n) is 15.3. The molecule has 1 aromatic carbocycles. The predicted molar refractivity (Wildman–Crippen MR) is 98.0 cm³/mol. The second kappa shape index (κ2) is 7.91. The van der Waals surface area contributed by atoms with Gasteiger partial charge in [-0.3, -0.25) is 9.59 Å². The summed E-state index contributed by atoms with van der Waals surface area (Å²) in [7, 11) is 0. The van der Waals surface area contributed by atoms with Gasteiger partial charge in [-0.1, -0.05) is 26.8 Å². The van der Waals surface area contributed by atoms with Crippen LogP contribution < -0.4 is 5.32 Å². The Kier molecular flexibility index (Phi) is 5.87. The van der Waals surface area contributed by atoms with Crippen molar-refractivity contribution in [1.82, 2.24) is 4.98 Å². The molecule has 136 valence electrons. The van der Waals surface area contributed by atoms with Crippen molar-refractivity contribution < 1.29 is 19.1 Å². The number of pyridine rings is 1. The molecule has 1 heterocycles. The number of carbonyl (C=O) groups is 3. The van der Waals surface area contributed by atoms with E-state index in [-0.39, 0.29) is 17.4 Å². The number of hydrogen-bond acceptors (Lipinski definition) is 5. The molecule has 0 spiro atoms. The molecule has 0 unspecified atom stereocenters. The van der Waals surface area contributed by atoms with Gasteiger partial charge in [-0.15, -0.1) is 0 Å². The number of nitrogens with zero attached hydrogens (tertiary/aromatic N) is 1. The van der Waals surface area contributed by atoms with Gasteiger partial charge in [0.2, 0.25) is 11.7 Å². The summed E-state index contributed by atoms with van der Waals surface area (Å²) in [4.78, 5) is 40.3. The lowest BCUT2D eigenvalue weighted by atomic mass is 9.95. The van der Waals surface area contributed by atoms with Crippen LogP contribution in [0.1, 0.15) is 48.5 Å². The van der Waals surface area contributed by atoms with Gasteiger partial charge < -0.3 is 10.1 Å². The molecule has 0 saturated carbocycles. The first-order valence-electron chi connectivity index (χ1n) is 8.26. The van der Waals surface area contributed by atoms with Gasteiger partial charge in [-0.25, -0.2) is 9.78 Å². The number of hydrogen-bond donors (Lipinski definition) is 1. The summed E-state index contributed by atoms with van der Waals surface area (Å²) in [6.07, 6.45) is 0.535. The summed E-state index contributed by atoms with van der Waals surface area (Å²) in [5.74, 6) is -1.10. The molecule has 6 nitrogen and oxygen atoms in total. The first-order chi connectivity index (χ1) is 12.2. The Bertz CT molecular complexity index is 793. The number of ether oxygens (including phenoxy) is 1. The molecule has 0 aliphatic rings. The molecule has 2 rings (SSSR count). The molecule has 0 radical (unpaired) electrons. The zero-order valence-corrected chi connectivity index (χ0v) is 15.3. The number of Topliss-reactive ketones (excluding diaryl/α,β-unsaturated/α-hetero) is 1. The number of amides is 1. The van der Waals surface area contributed by atoms with Gasteiger partial charge in [-0.05, 0) is 43.3 Å². The molecular weight excluding hydrogens is 332 g/mol. The molecule has 0 saturated heterocycles. The van der Waals surface area contributed by atoms with Crippen molar-refractivity contribution in [2.75, 3.05) is 5.32 Å². The highest BCUT2D eigenvalue weighted by atomic mass is 16.5. The fourth-order valence-electron chi connectivity index (χ4n) is 2.03. The number of esters is 1. The van der Waals surface area contributed by atoms with Gasteiger partial charge >= 0.3 is 5.97 Å². The Hall–Kier alpha value is -3.02. The van der Waals surface area contributed by atoms with Gasteiger partial charge in [0.25, 0.3) is 0 Å². The monoisotopic (exact) mass is 354 g/mol. The Morgan fingerprint density at radius 3 is 2.23 bits per heavy atom. The van der Waals surface area contributed by atoms with E-state index < -0.39 is 17.5 Å². The van der Waals surface area contributed by atoms with Crippen LogP contribution >= 0.6 is 0 Å². The number of anilines is 1. The van der Waals surface area contributed by atoms with Gasteiger partial charge in [0.05, 0.1) is 0 Å². The molecule has 26 heavy (non-hydrogen) atoms. The molecule has 6 heteroatoms. The van der Waals surface area contributed by atoms with Crippen LogP contribution in [0.2, 0.25) is 0 Å². The highest BCUT2D eigenvalue weighted by Crippen LogP contribution is 2.18. The lowest BCUT2D eigenvalue weighted by molar-refractivity contribution is -0.123. The number of nitrogens with one attached hydrogen (secondary N) is 1. The van der Waals surface area contributed by atoms with E-state index in [0.29, 0.717) is 11.3 Å². The van der Waals surface area contributed by atoms with E-state index in [1.165, 1.54) is 19.2 Å². The van der Waals surface area contributed by atoms with Crippen molar-refractivity contribution in [3.63, 3.8) is 0 Å². The number of rotatable bonds is 5. The second-order valence-electron chi connectivity index (χ2n) is 6.91. The van der Waals surface area contributed by atoms with Gasteiger partial charge in [0.15, 0.2) is 6.10 Å². The molecule has 1 N–H and O–H groups in total. The van der Waals surface area contributed by atoms with E-state index in [1.54, 1.807) is 36.4 Å². The van der Waals surface area contributed by atoms with Crippen LogP contribution in [0.3, 0.4) is 0 Å². The lowest BCUT2D eigenvalue weighted by Gasteiger charge is -2.18. The maximum absolute atomic E-state index is 12.4. The van der Waals surface area contributed by atoms with Crippen molar-refractivity contribution in [1.29, 1.82) is 0 Å². The summed E-state index contributed by atoms with van der Waals surface area (Å²) in [6, 6.07) is 11.3. The molecule has 0 fully saturated rings. The average Bonchev–Trinajstić information content (AvgIpc) is 2.61. The van der Waals surface area contributed by atoms with Crippen LogP contribution in [0.15, 0.2) is 48.7 Å². The Morgan fingerprint density at radius 1 is 1.04 bits per heavy atom. The molecule has 1 atom stereocenters. The van der Waals surface area contributed by atoms with Crippen LogP contribution in [0.4, 0.5) is 5.69 Å².